The van der Waals surface area contributed by atoms with E-state index in [1.807, 2.05) is 30.3 Å². The lowest BCUT2D eigenvalue weighted by atomic mass is 9.80. The first-order chi connectivity index (χ1) is 13.1. The van der Waals surface area contributed by atoms with E-state index in [2.05, 4.69) is 10.3 Å². The standard InChI is InChI=1S/C21H23N3O3/c1-27-21(9-10-21)20(23-19(26)17-5-3-2-4-6-17)14-24(15-20)18(25)13-16-7-11-22-12-8-16/h2-8,11-12H,9-10,13-15H2,1H3,(H,23,26). The molecule has 6 heteroatoms. The van der Waals surface area contributed by atoms with Gasteiger partial charge in [-0.1, -0.05) is 18.2 Å². The van der Waals surface area contributed by atoms with Crippen LogP contribution in [-0.4, -0.2) is 53.0 Å². The molecular formula is C21H23N3O3. The third-order valence-electron chi connectivity index (χ3n) is 5.73. The molecule has 27 heavy (non-hydrogen) atoms. The SMILES string of the molecule is COC1(C2(NC(=O)c3ccccc3)CN(C(=O)Cc3ccncc3)C2)CC1. The maximum absolute atomic E-state index is 12.7. The molecule has 2 fully saturated rings. The number of likely N-dealkylation sites (tertiary alicyclic amines) is 1. The van der Waals surface area contributed by atoms with Crippen molar-refractivity contribution in [2.24, 2.45) is 0 Å². The molecule has 0 spiro atoms. The Morgan fingerprint density at radius 3 is 2.37 bits per heavy atom. The monoisotopic (exact) mass is 365 g/mol. The number of hydrogen-bond donors (Lipinski definition) is 1. The zero-order valence-corrected chi connectivity index (χ0v) is 15.4. The number of nitrogens with zero attached hydrogens (tertiary/aromatic N) is 2. The molecule has 1 aromatic carbocycles. The minimum Gasteiger partial charge on any atom is -0.376 e. The number of aromatic nitrogens is 1. The van der Waals surface area contributed by atoms with Crippen molar-refractivity contribution in [1.29, 1.82) is 0 Å². The predicted octanol–water partition coefficient (Wildman–Crippen LogP) is 1.81. The zero-order chi connectivity index (χ0) is 18.9. The summed E-state index contributed by atoms with van der Waals surface area (Å²) in [5.74, 6) is -0.0714. The number of methoxy groups -OCH3 is 1. The first-order valence-corrected chi connectivity index (χ1v) is 9.17. The third-order valence-corrected chi connectivity index (χ3v) is 5.73. The summed E-state index contributed by atoms with van der Waals surface area (Å²) in [6.07, 6.45) is 5.50. The summed E-state index contributed by atoms with van der Waals surface area (Å²) < 4.78 is 5.78. The first-order valence-electron chi connectivity index (χ1n) is 9.17. The van der Waals surface area contributed by atoms with E-state index in [0.717, 1.165) is 18.4 Å². The number of amides is 2. The summed E-state index contributed by atoms with van der Waals surface area (Å²) in [4.78, 5) is 31.1. The van der Waals surface area contributed by atoms with Crippen LogP contribution >= 0.6 is 0 Å². The van der Waals surface area contributed by atoms with Crippen molar-refractivity contribution in [3.8, 4) is 0 Å². The van der Waals surface area contributed by atoms with E-state index < -0.39 is 5.54 Å². The molecule has 0 atom stereocenters. The Balaban J connectivity index is 1.46. The summed E-state index contributed by atoms with van der Waals surface area (Å²) >= 11 is 0. The highest BCUT2D eigenvalue weighted by Gasteiger charge is 2.66. The van der Waals surface area contributed by atoms with Crippen LogP contribution in [0.5, 0.6) is 0 Å². The number of benzene rings is 1. The van der Waals surface area contributed by atoms with Crippen molar-refractivity contribution in [3.05, 3.63) is 66.0 Å². The van der Waals surface area contributed by atoms with Crippen LogP contribution in [0.2, 0.25) is 0 Å². The van der Waals surface area contributed by atoms with Crippen LogP contribution in [0, 0.1) is 0 Å². The normalized spacial score (nSPS) is 19.1. The Labute approximate surface area is 158 Å². The Bertz CT molecular complexity index is 828. The lowest BCUT2D eigenvalue weighted by Crippen LogP contribution is -2.77. The molecular weight excluding hydrogens is 342 g/mol. The van der Waals surface area contributed by atoms with Crippen molar-refractivity contribution < 1.29 is 14.3 Å². The van der Waals surface area contributed by atoms with Crippen LogP contribution in [0.4, 0.5) is 0 Å². The maximum Gasteiger partial charge on any atom is 0.251 e. The Hall–Kier alpha value is -2.73. The van der Waals surface area contributed by atoms with E-state index in [1.165, 1.54) is 0 Å². The van der Waals surface area contributed by atoms with E-state index >= 15 is 0 Å². The highest BCUT2D eigenvalue weighted by atomic mass is 16.5. The van der Waals surface area contributed by atoms with Crippen molar-refractivity contribution in [2.75, 3.05) is 20.2 Å². The van der Waals surface area contributed by atoms with Crippen LogP contribution in [0.3, 0.4) is 0 Å². The molecule has 2 aromatic rings. The number of carbonyl (C=O) groups excluding carboxylic acids is 2. The molecule has 1 aliphatic carbocycles. The number of pyridine rings is 1. The van der Waals surface area contributed by atoms with Gasteiger partial charge in [0.05, 0.1) is 12.0 Å². The van der Waals surface area contributed by atoms with Gasteiger partial charge in [0.1, 0.15) is 5.54 Å². The summed E-state index contributed by atoms with van der Waals surface area (Å²) in [6, 6.07) is 12.8. The van der Waals surface area contributed by atoms with Gasteiger partial charge in [0.15, 0.2) is 0 Å². The van der Waals surface area contributed by atoms with Gasteiger partial charge in [0, 0.05) is 38.2 Å². The topological polar surface area (TPSA) is 71.5 Å². The average Bonchev–Trinajstić information content (AvgIpc) is 3.47. The molecule has 1 N–H and O–H groups in total. The summed E-state index contributed by atoms with van der Waals surface area (Å²) in [5, 5.41) is 3.18. The molecule has 0 unspecified atom stereocenters. The fourth-order valence-corrected chi connectivity index (χ4v) is 3.92. The van der Waals surface area contributed by atoms with E-state index in [0.29, 0.717) is 25.1 Å². The van der Waals surface area contributed by atoms with Crippen molar-refractivity contribution in [2.45, 2.75) is 30.4 Å². The molecule has 2 heterocycles. The lowest BCUT2D eigenvalue weighted by molar-refractivity contribution is -0.147. The van der Waals surface area contributed by atoms with Gasteiger partial charge in [-0.05, 0) is 42.7 Å². The molecule has 1 saturated carbocycles. The fraction of sp³-hybridized carbons (Fsp3) is 0.381. The predicted molar refractivity (Wildman–Crippen MR) is 100 cm³/mol. The number of nitrogens with one attached hydrogen (secondary N) is 1. The van der Waals surface area contributed by atoms with Gasteiger partial charge in [-0.3, -0.25) is 14.6 Å². The van der Waals surface area contributed by atoms with Gasteiger partial charge in [-0.25, -0.2) is 0 Å². The van der Waals surface area contributed by atoms with Gasteiger partial charge < -0.3 is 15.0 Å². The van der Waals surface area contributed by atoms with Crippen LogP contribution < -0.4 is 5.32 Å². The number of rotatable bonds is 6. The Morgan fingerprint density at radius 2 is 1.78 bits per heavy atom. The van der Waals surface area contributed by atoms with E-state index in [9.17, 15) is 9.59 Å². The van der Waals surface area contributed by atoms with E-state index in [4.69, 9.17) is 4.74 Å². The maximum atomic E-state index is 12.7. The molecule has 1 saturated heterocycles. The van der Waals surface area contributed by atoms with Crippen LogP contribution in [0.15, 0.2) is 54.9 Å². The largest absolute Gasteiger partial charge is 0.376 e. The van der Waals surface area contributed by atoms with Gasteiger partial charge >= 0.3 is 0 Å². The van der Waals surface area contributed by atoms with Crippen molar-refractivity contribution >= 4 is 11.8 Å². The summed E-state index contributed by atoms with van der Waals surface area (Å²) in [6.45, 7) is 0.951. The Morgan fingerprint density at radius 1 is 1.11 bits per heavy atom. The van der Waals surface area contributed by atoms with Crippen LogP contribution in [0.25, 0.3) is 0 Å². The van der Waals surface area contributed by atoms with E-state index in [1.54, 1.807) is 36.5 Å². The molecule has 2 aliphatic rings. The van der Waals surface area contributed by atoms with Gasteiger partial charge in [0.2, 0.25) is 5.91 Å². The van der Waals surface area contributed by atoms with Gasteiger partial charge in [-0.2, -0.15) is 0 Å². The molecule has 2 amide bonds. The lowest BCUT2D eigenvalue weighted by Gasteiger charge is -2.54. The third kappa shape index (κ3) is 3.21. The summed E-state index contributed by atoms with van der Waals surface area (Å²) in [7, 11) is 1.69. The van der Waals surface area contributed by atoms with Crippen molar-refractivity contribution in [3.63, 3.8) is 0 Å². The average molecular weight is 365 g/mol. The van der Waals surface area contributed by atoms with Crippen LogP contribution in [-0.2, 0) is 16.0 Å². The number of carbonyl (C=O) groups is 2. The van der Waals surface area contributed by atoms with Crippen LogP contribution in [0.1, 0.15) is 28.8 Å². The van der Waals surface area contributed by atoms with E-state index in [-0.39, 0.29) is 17.4 Å². The van der Waals surface area contributed by atoms with Gasteiger partial charge in [-0.15, -0.1) is 0 Å². The minimum absolute atomic E-state index is 0.0534. The minimum atomic E-state index is -0.525. The Kier molecular flexibility index (Phi) is 4.44. The molecule has 0 bridgehead atoms. The molecule has 6 nitrogen and oxygen atoms in total. The van der Waals surface area contributed by atoms with Crippen molar-refractivity contribution in [1.82, 2.24) is 15.2 Å². The highest BCUT2D eigenvalue weighted by molar-refractivity contribution is 5.95. The smallest absolute Gasteiger partial charge is 0.251 e. The summed E-state index contributed by atoms with van der Waals surface area (Å²) in [5.41, 5.74) is 0.659. The highest BCUT2D eigenvalue weighted by Crippen LogP contribution is 2.51. The first kappa shape index (κ1) is 17.7. The second-order valence-corrected chi connectivity index (χ2v) is 7.38. The molecule has 1 aliphatic heterocycles. The zero-order valence-electron chi connectivity index (χ0n) is 15.4. The fourth-order valence-electron chi connectivity index (χ4n) is 3.92. The second-order valence-electron chi connectivity index (χ2n) is 7.38. The number of ether oxygens (including phenoxy) is 1. The molecule has 140 valence electrons. The second kappa shape index (κ2) is 6.78. The molecule has 1 aromatic heterocycles. The van der Waals surface area contributed by atoms with Gasteiger partial charge in [0.25, 0.3) is 5.91 Å². The molecule has 0 radical (unpaired) electrons. The number of hydrogen-bond acceptors (Lipinski definition) is 4. The molecule has 4 rings (SSSR count). The quantitative estimate of drug-likeness (QED) is 0.848.